The highest BCUT2D eigenvalue weighted by Crippen LogP contribution is 2.22. The fourth-order valence-electron chi connectivity index (χ4n) is 1.63. The summed E-state index contributed by atoms with van der Waals surface area (Å²) in [6.07, 6.45) is 5.87. The Balaban J connectivity index is 2.75. The summed E-state index contributed by atoms with van der Waals surface area (Å²) >= 11 is 0. The monoisotopic (exact) mass is 204 g/mol. The van der Waals surface area contributed by atoms with E-state index in [1.165, 1.54) is 30.4 Å². The molecule has 0 saturated carbocycles. The van der Waals surface area contributed by atoms with E-state index in [1.807, 2.05) is 12.1 Å². The quantitative estimate of drug-likeness (QED) is 0.695. The highest BCUT2D eigenvalue weighted by molar-refractivity contribution is 5.65. The van der Waals surface area contributed by atoms with E-state index >= 15 is 0 Å². The lowest BCUT2D eigenvalue weighted by Crippen LogP contribution is -1.86. The topological polar surface area (TPSA) is 9.23 Å². The minimum Gasteiger partial charge on any atom is -0.497 e. The molecule has 0 aromatic heterocycles. The lowest BCUT2D eigenvalue weighted by molar-refractivity contribution is 0.415. The number of hydrogen-bond donors (Lipinski definition) is 0. The van der Waals surface area contributed by atoms with Crippen LogP contribution in [0, 0.1) is 0 Å². The van der Waals surface area contributed by atoms with Crippen LogP contribution in [0.1, 0.15) is 38.7 Å². The van der Waals surface area contributed by atoms with E-state index < -0.39 is 0 Å². The van der Waals surface area contributed by atoms with E-state index in [0.717, 1.165) is 5.75 Å². The summed E-state index contributed by atoms with van der Waals surface area (Å²) in [5, 5.41) is 0. The standard InChI is InChI=1S/C14H20O/c1-4-6-7-12(5-2)13-8-10-14(15-3)11-9-13/h5,8-11H,4,6-7H2,1-3H3. The van der Waals surface area contributed by atoms with Gasteiger partial charge in [-0.05, 0) is 43.0 Å². The third kappa shape index (κ3) is 3.43. The fraction of sp³-hybridized carbons (Fsp3) is 0.429. The molecule has 0 aliphatic carbocycles. The molecular weight excluding hydrogens is 184 g/mol. The maximum absolute atomic E-state index is 5.14. The van der Waals surface area contributed by atoms with Crippen LogP contribution in [0.15, 0.2) is 30.3 Å². The summed E-state index contributed by atoms with van der Waals surface area (Å²) in [5.74, 6) is 0.921. The lowest BCUT2D eigenvalue weighted by atomic mass is 10.0. The maximum atomic E-state index is 5.14. The van der Waals surface area contributed by atoms with Gasteiger partial charge in [0, 0.05) is 0 Å². The van der Waals surface area contributed by atoms with Gasteiger partial charge in [-0.2, -0.15) is 0 Å². The normalized spacial score (nSPS) is 11.5. The largest absolute Gasteiger partial charge is 0.497 e. The van der Waals surface area contributed by atoms with Gasteiger partial charge in [0.25, 0.3) is 0 Å². The van der Waals surface area contributed by atoms with E-state index in [1.54, 1.807) is 7.11 Å². The summed E-state index contributed by atoms with van der Waals surface area (Å²) in [4.78, 5) is 0. The van der Waals surface area contributed by atoms with Gasteiger partial charge in [0.05, 0.1) is 7.11 Å². The Morgan fingerprint density at radius 2 is 1.93 bits per heavy atom. The summed E-state index contributed by atoms with van der Waals surface area (Å²) in [6.45, 7) is 4.33. The summed E-state index contributed by atoms with van der Waals surface area (Å²) in [7, 11) is 1.70. The van der Waals surface area contributed by atoms with Crippen LogP contribution in [0.3, 0.4) is 0 Å². The second-order valence-electron chi connectivity index (χ2n) is 3.65. The molecule has 82 valence electrons. The molecule has 1 heteroatoms. The fourth-order valence-corrected chi connectivity index (χ4v) is 1.63. The first kappa shape index (κ1) is 11.8. The second-order valence-corrected chi connectivity index (χ2v) is 3.65. The lowest BCUT2D eigenvalue weighted by Gasteiger charge is -2.07. The average molecular weight is 204 g/mol. The molecule has 0 saturated heterocycles. The first-order valence-electron chi connectivity index (χ1n) is 5.61. The molecule has 0 aliphatic heterocycles. The molecule has 0 atom stereocenters. The minimum atomic E-state index is 0.921. The molecular formula is C14H20O. The van der Waals surface area contributed by atoms with Gasteiger partial charge in [-0.25, -0.2) is 0 Å². The zero-order chi connectivity index (χ0) is 11.1. The van der Waals surface area contributed by atoms with E-state index in [2.05, 4.69) is 32.1 Å². The van der Waals surface area contributed by atoms with Crippen molar-refractivity contribution in [3.05, 3.63) is 35.9 Å². The number of hydrogen-bond acceptors (Lipinski definition) is 1. The van der Waals surface area contributed by atoms with Crippen LogP contribution in [0.4, 0.5) is 0 Å². The summed E-state index contributed by atoms with van der Waals surface area (Å²) in [5.41, 5.74) is 2.74. The predicted octanol–water partition coefficient (Wildman–Crippen LogP) is 4.29. The molecule has 1 aromatic carbocycles. The molecule has 0 spiro atoms. The van der Waals surface area contributed by atoms with Crippen molar-refractivity contribution < 1.29 is 4.74 Å². The van der Waals surface area contributed by atoms with Gasteiger partial charge in [0.15, 0.2) is 0 Å². The second kappa shape index (κ2) is 6.28. The first-order valence-corrected chi connectivity index (χ1v) is 5.61. The molecule has 1 aromatic rings. The average Bonchev–Trinajstić information content (AvgIpc) is 2.31. The third-order valence-corrected chi connectivity index (χ3v) is 2.61. The molecule has 0 heterocycles. The molecule has 1 rings (SSSR count). The van der Waals surface area contributed by atoms with Gasteiger partial charge >= 0.3 is 0 Å². The van der Waals surface area contributed by atoms with Crippen molar-refractivity contribution in [3.63, 3.8) is 0 Å². The zero-order valence-corrected chi connectivity index (χ0v) is 9.92. The van der Waals surface area contributed by atoms with Crippen LogP contribution in [-0.2, 0) is 0 Å². The third-order valence-electron chi connectivity index (χ3n) is 2.61. The van der Waals surface area contributed by atoms with Gasteiger partial charge in [-0.1, -0.05) is 31.6 Å². The molecule has 1 nitrogen and oxygen atoms in total. The van der Waals surface area contributed by atoms with Crippen molar-refractivity contribution in [2.24, 2.45) is 0 Å². The Morgan fingerprint density at radius 1 is 1.27 bits per heavy atom. The number of ether oxygens (including phenoxy) is 1. The van der Waals surface area contributed by atoms with Crippen LogP contribution < -0.4 is 4.74 Å². The molecule has 0 aliphatic rings. The van der Waals surface area contributed by atoms with Crippen LogP contribution in [-0.4, -0.2) is 7.11 Å². The number of unbranched alkanes of at least 4 members (excludes halogenated alkanes) is 1. The van der Waals surface area contributed by atoms with Crippen LogP contribution in [0.5, 0.6) is 5.75 Å². The Morgan fingerprint density at radius 3 is 2.40 bits per heavy atom. The zero-order valence-electron chi connectivity index (χ0n) is 9.92. The minimum absolute atomic E-state index is 0.921. The Bertz CT molecular complexity index is 309. The first-order chi connectivity index (χ1) is 7.31. The van der Waals surface area contributed by atoms with Crippen molar-refractivity contribution >= 4 is 5.57 Å². The van der Waals surface area contributed by atoms with Crippen molar-refractivity contribution in [3.8, 4) is 5.75 Å². The van der Waals surface area contributed by atoms with E-state index in [0.29, 0.717) is 0 Å². The number of rotatable bonds is 5. The van der Waals surface area contributed by atoms with E-state index in [4.69, 9.17) is 4.74 Å². The van der Waals surface area contributed by atoms with Crippen LogP contribution >= 0.6 is 0 Å². The summed E-state index contributed by atoms with van der Waals surface area (Å²) in [6, 6.07) is 8.29. The van der Waals surface area contributed by atoms with Crippen molar-refractivity contribution in [1.82, 2.24) is 0 Å². The maximum Gasteiger partial charge on any atom is 0.118 e. The highest BCUT2D eigenvalue weighted by Gasteiger charge is 2.00. The van der Waals surface area contributed by atoms with Gasteiger partial charge < -0.3 is 4.74 Å². The molecule has 0 radical (unpaired) electrons. The van der Waals surface area contributed by atoms with Gasteiger partial charge in [0.2, 0.25) is 0 Å². The van der Waals surface area contributed by atoms with Crippen LogP contribution in [0.25, 0.3) is 5.57 Å². The Labute approximate surface area is 92.8 Å². The Hall–Kier alpha value is -1.24. The highest BCUT2D eigenvalue weighted by atomic mass is 16.5. The molecule has 0 unspecified atom stereocenters. The van der Waals surface area contributed by atoms with Gasteiger partial charge in [-0.15, -0.1) is 0 Å². The smallest absolute Gasteiger partial charge is 0.118 e. The van der Waals surface area contributed by atoms with Crippen molar-refractivity contribution in [1.29, 1.82) is 0 Å². The van der Waals surface area contributed by atoms with E-state index in [-0.39, 0.29) is 0 Å². The number of methoxy groups -OCH3 is 1. The molecule has 0 fully saturated rings. The summed E-state index contributed by atoms with van der Waals surface area (Å²) < 4.78 is 5.14. The molecule has 0 N–H and O–H groups in total. The molecule has 0 amide bonds. The number of benzene rings is 1. The van der Waals surface area contributed by atoms with Crippen molar-refractivity contribution in [2.75, 3.05) is 7.11 Å². The van der Waals surface area contributed by atoms with Gasteiger partial charge in [-0.3, -0.25) is 0 Å². The SMILES string of the molecule is CC=C(CCCC)c1ccc(OC)cc1. The van der Waals surface area contributed by atoms with E-state index in [9.17, 15) is 0 Å². The van der Waals surface area contributed by atoms with Crippen molar-refractivity contribution in [2.45, 2.75) is 33.1 Å². The van der Waals surface area contributed by atoms with Crippen LogP contribution in [0.2, 0.25) is 0 Å². The molecule has 0 bridgehead atoms. The molecule has 15 heavy (non-hydrogen) atoms. The predicted molar refractivity (Wildman–Crippen MR) is 66.2 cm³/mol. The van der Waals surface area contributed by atoms with Gasteiger partial charge in [0.1, 0.15) is 5.75 Å². The number of allylic oxidation sites excluding steroid dienone is 2. The Kier molecular flexibility index (Phi) is 4.96.